The van der Waals surface area contributed by atoms with Crippen LogP contribution in [-0.2, 0) is 4.79 Å². The van der Waals surface area contributed by atoms with Gasteiger partial charge in [0.25, 0.3) is 0 Å². The van der Waals surface area contributed by atoms with Crippen LogP contribution in [0.4, 0.5) is 0 Å². The highest BCUT2D eigenvalue weighted by atomic mass is 16.2. The van der Waals surface area contributed by atoms with Gasteiger partial charge < -0.3 is 4.90 Å². The Bertz CT molecular complexity index is 384. The lowest BCUT2D eigenvalue weighted by Crippen LogP contribution is -2.55. The molecule has 2 aliphatic heterocycles. The zero-order valence-corrected chi connectivity index (χ0v) is 9.28. The van der Waals surface area contributed by atoms with Crippen molar-refractivity contribution in [1.82, 2.24) is 24.8 Å². The Morgan fingerprint density at radius 1 is 1.44 bits per heavy atom. The molecule has 6 nitrogen and oxygen atoms in total. The minimum Gasteiger partial charge on any atom is -0.344 e. The van der Waals surface area contributed by atoms with E-state index in [2.05, 4.69) is 15.2 Å². The number of amides is 1. The quantitative estimate of drug-likeness (QED) is 0.667. The maximum absolute atomic E-state index is 11.8. The molecule has 0 aliphatic carbocycles. The number of rotatable bonds is 2. The fraction of sp³-hybridized carbons (Fsp3) is 0.700. The van der Waals surface area contributed by atoms with E-state index in [-0.39, 0.29) is 11.9 Å². The third-order valence-corrected chi connectivity index (χ3v) is 3.55. The molecule has 3 rings (SSSR count). The lowest BCUT2D eigenvalue weighted by molar-refractivity contribution is -0.133. The summed E-state index contributed by atoms with van der Waals surface area (Å²) in [5.41, 5.74) is 0. The van der Waals surface area contributed by atoms with Crippen LogP contribution in [0.5, 0.6) is 0 Å². The van der Waals surface area contributed by atoms with Crippen molar-refractivity contribution in [2.75, 3.05) is 26.7 Å². The predicted molar refractivity (Wildman–Crippen MR) is 56.7 cm³/mol. The van der Waals surface area contributed by atoms with E-state index in [4.69, 9.17) is 0 Å². The molecule has 0 radical (unpaired) electrons. The summed E-state index contributed by atoms with van der Waals surface area (Å²) >= 11 is 0. The van der Waals surface area contributed by atoms with Crippen molar-refractivity contribution in [2.24, 2.45) is 0 Å². The van der Waals surface area contributed by atoms with Gasteiger partial charge in [0.2, 0.25) is 5.91 Å². The third kappa shape index (κ3) is 1.41. The Morgan fingerprint density at radius 2 is 2.25 bits per heavy atom. The van der Waals surface area contributed by atoms with Crippen LogP contribution in [0.3, 0.4) is 0 Å². The molecule has 3 heterocycles. The summed E-state index contributed by atoms with van der Waals surface area (Å²) in [5, 5.41) is 7.77. The molecule has 1 amide bonds. The molecule has 0 aromatic carbocycles. The first-order valence-corrected chi connectivity index (χ1v) is 5.60. The minimum absolute atomic E-state index is 0.102. The zero-order chi connectivity index (χ0) is 11.1. The molecular formula is C10H15N5O. The summed E-state index contributed by atoms with van der Waals surface area (Å²) in [4.78, 5) is 15.8. The molecule has 1 atom stereocenters. The SMILES string of the molecule is CN1CCC(N2CC(n3ccnn3)C2)C1=O. The van der Waals surface area contributed by atoms with Gasteiger partial charge in [-0.25, -0.2) is 4.68 Å². The molecule has 86 valence electrons. The summed E-state index contributed by atoms with van der Waals surface area (Å²) in [7, 11) is 1.87. The number of likely N-dealkylation sites (tertiary alicyclic amines) is 2. The molecule has 1 aromatic heterocycles. The van der Waals surface area contributed by atoms with Crippen LogP contribution >= 0.6 is 0 Å². The van der Waals surface area contributed by atoms with Crippen LogP contribution in [0.2, 0.25) is 0 Å². The van der Waals surface area contributed by atoms with Gasteiger partial charge in [0.15, 0.2) is 0 Å². The molecule has 2 aliphatic rings. The van der Waals surface area contributed by atoms with Crippen LogP contribution in [-0.4, -0.2) is 63.4 Å². The standard InChI is InChI=1S/C10H15N5O/c1-13-4-2-9(10(13)16)14-6-8(7-14)15-5-3-11-12-15/h3,5,8-9H,2,4,6-7H2,1H3. The second kappa shape index (κ2) is 3.55. The average Bonchev–Trinajstić information content (AvgIpc) is 2.81. The Hall–Kier alpha value is -1.43. The molecule has 0 spiro atoms. The molecule has 1 aromatic rings. The van der Waals surface area contributed by atoms with Crippen LogP contribution in [0.15, 0.2) is 12.4 Å². The highest BCUT2D eigenvalue weighted by molar-refractivity contribution is 5.83. The topological polar surface area (TPSA) is 54.3 Å². The highest BCUT2D eigenvalue weighted by Gasteiger charge is 2.41. The Morgan fingerprint density at radius 3 is 2.81 bits per heavy atom. The van der Waals surface area contributed by atoms with Gasteiger partial charge in [0.05, 0.1) is 18.3 Å². The largest absolute Gasteiger partial charge is 0.344 e. The van der Waals surface area contributed by atoms with E-state index in [9.17, 15) is 4.79 Å². The number of carbonyl (C=O) groups excluding carboxylic acids is 1. The van der Waals surface area contributed by atoms with Gasteiger partial charge in [-0.1, -0.05) is 5.21 Å². The zero-order valence-electron chi connectivity index (χ0n) is 9.28. The normalized spacial score (nSPS) is 27.4. The first-order valence-electron chi connectivity index (χ1n) is 5.60. The summed E-state index contributed by atoms with van der Waals surface area (Å²) in [5.74, 6) is 0.261. The summed E-state index contributed by atoms with van der Waals surface area (Å²) in [6.07, 6.45) is 4.53. The fourth-order valence-corrected chi connectivity index (χ4v) is 2.46. The molecule has 0 saturated carbocycles. The predicted octanol–water partition coefficient (Wildman–Crippen LogP) is -0.635. The number of likely N-dealkylation sites (N-methyl/N-ethyl adjacent to an activating group) is 1. The van der Waals surface area contributed by atoms with Crippen molar-refractivity contribution in [1.29, 1.82) is 0 Å². The van der Waals surface area contributed by atoms with E-state index < -0.39 is 0 Å². The van der Waals surface area contributed by atoms with Gasteiger partial charge in [-0.3, -0.25) is 9.69 Å². The van der Waals surface area contributed by atoms with E-state index >= 15 is 0 Å². The highest BCUT2D eigenvalue weighted by Crippen LogP contribution is 2.26. The van der Waals surface area contributed by atoms with Gasteiger partial charge in [0.1, 0.15) is 0 Å². The Kier molecular flexibility index (Phi) is 2.17. The van der Waals surface area contributed by atoms with Crippen molar-refractivity contribution in [3.63, 3.8) is 0 Å². The summed E-state index contributed by atoms with van der Waals surface area (Å²) in [6, 6.07) is 0.492. The monoisotopic (exact) mass is 221 g/mol. The molecule has 6 heteroatoms. The van der Waals surface area contributed by atoms with Gasteiger partial charge in [-0.15, -0.1) is 5.10 Å². The second-order valence-electron chi connectivity index (χ2n) is 4.56. The van der Waals surface area contributed by atoms with Crippen LogP contribution in [0.1, 0.15) is 12.5 Å². The molecule has 2 saturated heterocycles. The molecule has 0 N–H and O–H groups in total. The van der Waals surface area contributed by atoms with Crippen LogP contribution < -0.4 is 0 Å². The number of hydrogen-bond acceptors (Lipinski definition) is 4. The van der Waals surface area contributed by atoms with Gasteiger partial charge in [-0.2, -0.15) is 0 Å². The van der Waals surface area contributed by atoms with Crippen LogP contribution in [0.25, 0.3) is 0 Å². The molecule has 1 unspecified atom stereocenters. The lowest BCUT2D eigenvalue weighted by Gasteiger charge is -2.41. The van der Waals surface area contributed by atoms with Gasteiger partial charge in [-0.05, 0) is 6.42 Å². The molecule has 2 fully saturated rings. The first kappa shape index (κ1) is 9.77. The number of aromatic nitrogens is 3. The van der Waals surface area contributed by atoms with E-state index in [0.29, 0.717) is 6.04 Å². The minimum atomic E-state index is 0.102. The van der Waals surface area contributed by atoms with E-state index in [1.807, 2.05) is 22.8 Å². The van der Waals surface area contributed by atoms with E-state index in [1.165, 1.54) is 0 Å². The molecule has 0 bridgehead atoms. The number of carbonyl (C=O) groups is 1. The van der Waals surface area contributed by atoms with E-state index in [1.54, 1.807) is 6.20 Å². The smallest absolute Gasteiger partial charge is 0.239 e. The van der Waals surface area contributed by atoms with Crippen molar-refractivity contribution in [3.05, 3.63) is 12.4 Å². The maximum atomic E-state index is 11.8. The van der Waals surface area contributed by atoms with E-state index in [0.717, 1.165) is 26.1 Å². The first-order chi connectivity index (χ1) is 7.75. The van der Waals surface area contributed by atoms with Crippen LogP contribution in [0, 0.1) is 0 Å². The third-order valence-electron chi connectivity index (χ3n) is 3.55. The van der Waals surface area contributed by atoms with Crippen molar-refractivity contribution < 1.29 is 4.79 Å². The van der Waals surface area contributed by atoms with Crippen molar-refractivity contribution in [2.45, 2.75) is 18.5 Å². The Labute approximate surface area is 93.8 Å². The van der Waals surface area contributed by atoms with Gasteiger partial charge in [0, 0.05) is 32.9 Å². The fourth-order valence-electron chi connectivity index (χ4n) is 2.46. The second-order valence-corrected chi connectivity index (χ2v) is 4.56. The lowest BCUT2D eigenvalue weighted by atomic mass is 10.0. The number of hydrogen-bond donors (Lipinski definition) is 0. The molecular weight excluding hydrogens is 206 g/mol. The maximum Gasteiger partial charge on any atom is 0.239 e. The van der Waals surface area contributed by atoms with Gasteiger partial charge >= 0.3 is 0 Å². The number of nitrogens with zero attached hydrogens (tertiary/aromatic N) is 5. The Balaban J connectivity index is 1.60. The molecule has 16 heavy (non-hydrogen) atoms. The van der Waals surface area contributed by atoms with Crippen molar-refractivity contribution >= 4 is 5.91 Å². The summed E-state index contributed by atoms with van der Waals surface area (Å²) < 4.78 is 1.87. The average molecular weight is 221 g/mol. The van der Waals surface area contributed by atoms with Crippen molar-refractivity contribution in [3.8, 4) is 0 Å². The summed E-state index contributed by atoms with van der Waals surface area (Å²) in [6.45, 7) is 2.70.